The molecule has 1 aromatic rings. The third-order valence-electron chi connectivity index (χ3n) is 4.32. The summed E-state index contributed by atoms with van der Waals surface area (Å²) in [4.78, 5) is 3.91. The van der Waals surface area contributed by atoms with E-state index in [1.54, 1.807) is 18.2 Å². The summed E-state index contributed by atoms with van der Waals surface area (Å²) < 4.78 is 50.8. The normalized spacial score (nSPS) is 25.6. The van der Waals surface area contributed by atoms with E-state index < -0.39 is 17.5 Å². The second kappa shape index (κ2) is 5.55. The summed E-state index contributed by atoms with van der Waals surface area (Å²) in [5, 5.41) is 5.50. The predicted octanol–water partition coefficient (Wildman–Crippen LogP) is 2.34. The Morgan fingerprint density at radius 2 is 1.92 bits per heavy atom. The minimum atomic E-state index is -4.56. The first-order chi connectivity index (χ1) is 11.9. The fourth-order valence-electron chi connectivity index (χ4n) is 2.85. The van der Waals surface area contributed by atoms with Gasteiger partial charge in [-0.15, -0.1) is 0 Å². The number of halogens is 3. The molecule has 1 aliphatic carbocycles. The number of alkyl halides is 3. The lowest BCUT2D eigenvalue weighted by atomic mass is 10.1. The SMILES string of the molecule is NC1(C2CC2)N=CC(C(F)(F)F)=C(Nc2ccc3c(c2)OCCO3)N1. The highest BCUT2D eigenvalue weighted by Crippen LogP contribution is 2.41. The number of ether oxygens (including phenoxy) is 2. The molecule has 25 heavy (non-hydrogen) atoms. The number of hydrogen-bond donors (Lipinski definition) is 3. The van der Waals surface area contributed by atoms with E-state index in [2.05, 4.69) is 15.6 Å². The van der Waals surface area contributed by atoms with Gasteiger partial charge in [-0.25, -0.2) is 4.99 Å². The van der Waals surface area contributed by atoms with Gasteiger partial charge >= 0.3 is 6.18 Å². The topological polar surface area (TPSA) is 80.9 Å². The number of aliphatic imine (C=N–C) groups is 1. The van der Waals surface area contributed by atoms with Crippen molar-refractivity contribution in [1.29, 1.82) is 0 Å². The molecule has 0 aromatic heterocycles. The number of nitrogens with two attached hydrogens (primary N) is 1. The molecule has 1 saturated carbocycles. The first kappa shape index (κ1) is 16.1. The molecule has 2 heterocycles. The van der Waals surface area contributed by atoms with Crippen molar-refractivity contribution in [2.75, 3.05) is 18.5 Å². The monoisotopic (exact) mass is 354 g/mol. The highest BCUT2D eigenvalue weighted by atomic mass is 19.4. The average Bonchev–Trinajstić information content (AvgIpc) is 3.39. The van der Waals surface area contributed by atoms with Crippen molar-refractivity contribution in [3.05, 3.63) is 29.6 Å². The van der Waals surface area contributed by atoms with Gasteiger partial charge in [-0.2, -0.15) is 13.2 Å². The van der Waals surface area contributed by atoms with E-state index in [1.807, 2.05) is 0 Å². The zero-order valence-corrected chi connectivity index (χ0v) is 13.2. The van der Waals surface area contributed by atoms with Crippen molar-refractivity contribution >= 4 is 11.9 Å². The second-order valence-corrected chi connectivity index (χ2v) is 6.25. The Kier molecular flexibility index (Phi) is 3.57. The molecule has 4 N–H and O–H groups in total. The molecule has 3 aliphatic rings. The number of anilines is 1. The Morgan fingerprint density at radius 1 is 1.20 bits per heavy atom. The minimum absolute atomic E-state index is 0.0237. The predicted molar refractivity (Wildman–Crippen MR) is 85.4 cm³/mol. The summed E-state index contributed by atoms with van der Waals surface area (Å²) in [6.07, 6.45) is -2.09. The summed E-state index contributed by atoms with van der Waals surface area (Å²) in [6, 6.07) is 4.87. The van der Waals surface area contributed by atoms with E-state index in [9.17, 15) is 13.2 Å². The molecule has 6 nitrogen and oxygen atoms in total. The van der Waals surface area contributed by atoms with Gasteiger partial charge in [0, 0.05) is 23.9 Å². The number of nitrogens with zero attached hydrogens (tertiary/aromatic N) is 1. The van der Waals surface area contributed by atoms with Crippen molar-refractivity contribution < 1.29 is 22.6 Å². The van der Waals surface area contributed by atoms with Gasteiger partial charge in [-0.05, 0) is 25.0 Å². The molecule has 2 aliphatic heterocycles. The van der Waals surface area contributed by atoms with Crippen LogP contribution in [0.2, 0.25) is 0 Å². The lowest BCUT2D eigenvalue weighted by molar-refractivity contribution is -0.0872. The van der Waals surface area contributed by atoms with Crippen molar-refractivity contribution in [3.8, 4) is 11.5 Å². The van der Waals surface area contributed by atoms with E-state index in [1.165, 1.54) is 0 Å². The lowest BCUT2D eigenvalue weighted by Gasteiger charge is -2.34. The molecule has 1 atom stereocenters. The molecular formula is C16H17F3N4O2. The molecule has 4 rings (SSSR count). The van der Waals surface area contributed by atoms with E-state index >= 15 is 0 Å². The van der Waals surface area contributed by atoms with Gasteiger partial charge in [-0.3, -0.25) is 5.73 Å². The third kappa shape index (κ3) is 3.11. The van der Waals surface area contributed by atoms with Crippen molar-refractivity contribution in [2.24, 2.45) is 16.6 Å². The van der Waals surface area contributed by atoms with Gasteiger partial charge in [0.1, 0.15) is 24.6 Å². The van der Waals surface area contributed by atoms with Gasteiger partial charge < -0.3 is 20.1 Å². The van der Waals surface area contributed by atoms with Crippen LogP contribution in [0.1, 0.15) is 12.8 Å². The van der Waals surface area contributed by atoms with Crippen molar-refractivity contribution in [3.63, 3.8) is 0 Å². The van der Waals surface area contributed by atoms with Gasteiger partial charge in [0.05, 0.1) is 0 Å². The Hall–Kier alpha value is -2.42. The van der Waals surface area contributed by atoms with Crippen molar-refractivity contribution in [1.82, 2.24) is 5.32 Å². The first-order valence-electron chi connectivity index (χ1n) is 7.95. The van der Waals surface area contributed by atoms with E-state index in [0.29, 0.717) is 30.4 Å². The van der Waals surface area contributed by atoms with Gasteiger partial charge in [0.15, 0.2) is 17.3 Å². The van der Waals surface area contributed by atoms with Crippen LogP contribution in [0.15, 0.2) is 34.6 Å². The van der Waals surface area contributed by atoms with Crippen molar-refractivity contribution in [2.45, 2.75) is 24.8 Å². The number of benzene rings is 1. The van der Waals surface area contributed by atoms with Gasteiger partial charge in [0.25, 0.3) is 0 Å². The van der Waals surface area contributed by atoms with Crippen LogP contribution in [0, 0.1) is 5.92 Å². The molecule has 9 heteroatoms. The van der Waals surface area contributed by atoms with Gasteiger partial charge in [0.2, 0.25) is 0 Å². The maximum atomic E-state index is 13.3. The Bertz CT molecular complexity index is 758. The smallest absolute Gasteiger partial charge is 0.421 e. The largest absolute Gasteiger partial charge is 0.486 e. The van der Waals surface area contributed by atoms with E-state index in [-0.39, 0.29) is 11.7 Å². The molecule has 0 spiro atoms. The zero-order valence-electron chi connectivity index (χ0n) is 13.2. The van der Waals surface area contributed by atoms with Gasteiger partial charge in [-0.1, -0.05) is 0 Å². The Morgan fingerprint density at radius 3 is 2.60 bits per heavy atom. The fraction of sp³-hybridized carbons (Fsp3) is 0.438. The molecule has 0 saturated heterocycles. The molecule has 1 fully saturated rings. The number of allylic oxidation sites excluding steroid dienone is 1. The number of rotatable bonds is 3. The maximum absolute atomic E-state index is 13.3. The standard InChI is InChI=1S/C16H17F3N4O2/c17-15(18,19)11-8-21-16(20,9-1-2-9)23-14(11)22-10-3-4-12-13(7-10)25-6-5-24-12/h3-4,7-9,22-23H,1-2,5-6,20H2. The van der Waals surface area contributed by atoms with Crippen LogP contribution in [0.25, 0.3) is 0 Å². The fourth-order valence-corrected chi connectivity index (χ4v) is 2.85. The maximum Gasteiger partial charge on any atom is 0.421 e. The summed E-state index contributed by atoms with van der Waals surface area (Å²) in [5.74, 6) is -0.364. The van der Waals surface area contributed by atoms with E-state index in [0.717, 1.165) is 19.1 Å². The molecule has 0 amide bonds. The van der Waals surface area contributed by atoms with Crippen LogP contribution in [0.5, 0.6) is 11.5 Å². The molecule has 1 aromatic carbocycles. The zero-order chi connectivity index (χ0) is 17.7. The summed E-state index contributed by atoms with van der Waals surface area (Å²) in [6.45, 7) is 0.837. The Balaban J connectivity index is 1.65. The first-order valence-corrected chi connectivity index (χ1v) is 7.95. The average molecular weight is 354 g/mol. The third-order valence-corrected chi connectivity index (χ3v) is 4.32. The van der Waals surface area contributed by atoms with Crippen LogP contribution in [-0.4, -0.2) is 31.4 Å². The van der Waals surface area contributed by atoms with Crippen LogP contribution in [0.4, 0.5) is 18.9 Å². The lowest BCUT2D eigenvalue weighted by Crippen LogP contribution is -2.57. The quantitative estimate of drug-likeness (QED) is 0.776. The van der Waals surface area contributed by atoms with Crippen LogP contribution >= 0.6 is 0 Å². The number of hydrogen-bond acceptors (Lipinski definition) is 6. The van der Waals surface area contributed by atoms with Crippen LogP contribution < -0.4 is 25.8 Å². The van der Waals surface area contributed by atoms with Crippen LogP contribution in [-0.2, 0) is 0 Å². The second-order valence-electron chi connectivity index (χ2n) is 6.25. The highest BCUT2D eigenvalue weighted by Gasteiger charge is 2.47. The van der Waals surface area contributed by atoms with Crippen LogP contribution in [0.3, 0.4) is 0 Å². The summed E-state index contributed by atoms with van der Waals surface area (Å²) in [5.41, 5.74) is 5.66. The number of fused-ring (bicyclic) bond motifs is 1. The number of nitrogens with one attached hydrogen (secondary N) is 2. The summed E-state index contributed by atoms with van der Waals surface area (Å²) >= 11 is 0. The molecule has 0 bridgehead atoms. The Labute approximate surface area is 141 Å². The molecule has 134 valence electrons. The molecule has 1 unspecified atom stereocenters. The highest BCUT2D eigenvalue weighted by molar-refractivity contribution is 5.84. The van der Waals surface area contributed by atoms with E-state index in [4.69, 9.17) is 15.2 Å². The molecular weight excluding hydrogens is 337 g/mol. The minimum Gasteiger partial charge on any atom is -0.486 e. The molecule has 0 radical (unpaired) electrons. The summed E-state index contributed by atoms with van der Waals surface area (Å²) in [7, 11) is 0.